The zero-order chi connectivity index (χ0) is 19.3. The van der Waals surface area contributed by atoms with Gasteiger partial charge >= 0.3 is 0 Å². The van der Waals surface area contributed by atoms with Crippen molar-refractivity contribution in [2.45, 2.75) is 26.2 Å². The highest BCUT2D eigenvalue weighted by atomic mass is 19.1. The van der Waals surface area contributed by atoms with E-state index >= 15 is 0 Å². The second-order valence-electron chi connectivity index (χ2n) is 8.29. The molecule has 3 aromatic rings. The van der Waals surface area contributed by atoms with E-state index in [0.717, 1.165) is 41.9 Å². The molecule has 2 N–H and O–H groups in total. The van der Waals surface area contributed by atoms with Gasteiger partial charge in [0.25, 0.3) is 5.91 Å². The number of carbonyl (C=O) groups is 1. The molecule has 2 aliphatic rings. The minimum Gasteiger partial charge on any atom is -0.371 e. The summed E-state index contributed by atoms with van der Waals surface area (Å²) in [6.07, 6.45) is 4.05. The molecule has 28 heavy (non-hydrogen) atoms. The van der Waals surface area contributed by atoms with E-state index in [4.69, 9.17) is 0 Å². The molecule has 0 radical (unpaired) electrons. The molecule has 1 amide bonds. The molecule has 5 heteroatoms. The van der Waals surface area contributed by atoms with Crippen LogP contribution in [0.4, 0.5) is 15.8 Å². The Hall–Kier alpha value is -2.82. The second-order valence-corrected chi connectivity index (χ2v) is 8.29. The Kier molecular flexibility index (Phi) is 4.11. The zero-order valence-electron chi connectivity index (χ0n) is 16.0. The van der Waals surface area contributed by atoms with Gasteiger partial charge in [0.05, 0.1) is 5.52 Å². The molecular formula is C23H24FN3O. The van der Waals surface area contributed by atoms with E-state index in [1.54, 1.807) is 12.1 Å². The van der Waals surface area contributed by atoms with E-state index in [9.17, 15) is 9.18 Å². The second kappa shape index (κ2) is 6.66. The Labute approximate surface area is 163 Å². The number of hydrogen-bond donors (Lipinski definition) is 2. The highest BCUT2D eigenvalue weighted by Gasteiger charge is 2.32. The number of aromatic nitrogens is 1. The summed E-state index contributed by atoms with van der Waals surface area (Å²) < 4.78 is 14.0. The monoisotopic (exact) mass is 377 g/mol. The van der Waals surface area contributed by atoms with Gasteiger partial charge in [0.1, 0.15) is 11.5 Å². The Morgan fingerprint density at radius 3 is 2.68 bits per heavy atom. The molecule has 1 saturated heterocycles. The summed E-state index contributed by atoms with van der Waals surface area (Å²) in [6.45, 7) is 4.11. The highest BCUT2D eigenvalue weighted by Crippen LogP contribution is 2.38. The smallest absolute Gasteiger partial charge is 0.272 e. The summed E-state index contributed by atoms with van der Waals surface area (Å²) in [6, 6.07) is 12.8. The summed E-state index contributed by atoms with van der Waals surface area (Å²) >= 11 is 0. The van der Waals surface area contributed by atoms with E-state index in [0.29, 0.717) is 16.6 Å². The van der Waals surface area contributed by atoms with Crippen LogP contribution in [-0.2, 0) is 0 Å². The van der Waals surface area contributed by atoms with Gasteiger partial charge < -0.3 is 15.2 Å². The van der Waals surface area contributed by atoms with Crippen LogP contribution in [0.25, 0.3) is 10.9 Å². The lowest BCUT2D eigenvalue weighted by atomic mass is 9.98. The summed E-state index contributed by atoms with van der Waals surface area (Å²) in [5.41, 5.74) is 3.87. The standard InChI is InChI=1S/C23H24FN3O/c1-14-5-8-20(24)19-11-21(26-22(14)19)23(28)25-17-3-2-4-18(10-17)27-12-15-6-7-16(9-15)13-27/h2-5,8,10-11,15-16,26H,6-7,9,12-13H2,1H3,(H,25,28). The van der Waals surface area contributed by atoms with E-state index in [1.165, 1.54) is 25.3 Å². The van der Waals surface area contributed by atoms with E-state index in [1.807, 2.05) is 25.1 Å². The Bertz CT molecular complexity index is 1010. The molecule has 4 nitrogen and oxygen atoms in total. The molecular weight excluding hydrogens is 353 g/mol. The molecule has 2 fully saturated rings. The van der Waals surface area contributed by atoms with Crippen LogP contribution in [0.5, 0.6) is 0 Å². The molecule has 1 aliphatic heterocycles. The van der Waals surface area contributed by atoms with Crippen molar-refractivity contribution in [1.82, 2.24) is 4.98 Å². The first-order chi connectivity index (χ1) is 13.6. The number of nitrogens with one attached hydrogen (secondary N) is 2. The number of fused-ring (bicyclic) bond motifs is 3. The number of rotatable bonds is 3. The van der Waals surface area contributed by atoms with Crippen LogP contribution < -0.4 is 10.2 Å². The van der Waals surface area contributed by atoms with Crippen LogP contribution in [0.1, 0.15) is 35.3 Å². The average molecular weight is 377 g/mol. The molecule has 2 unspecified atom stereocenters. The molecule has 1 aliphatic carbocycles. The molecule has 2 aromatic carbocycles. The summed E-state index contributed by atoms with van der Waals surface area (Å²) in [5, 5.41) is 3.40. The Morgan fingerprint density at radius 1 is 1.14 bits per heavy atom. The summed E-state index contributed by atoms with van der Waals surface area (Å²) in [5.74, 6) is 1.03. The van der Waals surface area contributed by atoms with Crippen molar-refractivity contribution in [2.24, 2.45) is 11.8 Å². The number of benzene rings is 2. The lowest BCUT2D eigenvalue weighted by Gasteiger charge is -2.33. The number of piperidine rings is 1. The van der Waals surface area contributed by atoms with Crippen LogP contribution in [-0.4, -0.2) is 24.0 Å². The maximum absolute atomic E-state index is 14.0. The third kappa shape index (κ3) is 3.05. The number of aryl methyl sites for hydroxylation is 1. The maximum Gasteiger partial charge on any atom is 0.272 e. The van der Waals surface area contributed by atoms with Gasteiger partial charge in [-0.2, -0.15) is 0 Å². The van der Waals surface area contributed by atoms with Gasteiger partial charge in [-0.15, -0.1) is 0 Å². The molecule has 144 valence electrons. The summed E-state index contributed by atoms with van der Waals surface area (Å²) in [7, 11) is 0. The van der Waals surface area contributed by atoms with Crippen LogP contribution in [0.3, 0.4) is 0 Å². The molecule has 2 atom stereocenters. The fraction of sp³-hybridized carbons (Fsp3) is 0.348. The Balaban J connectivity index is 1.37. The van der Waals surface area contributed by atoms with Crippen molar-refractivity contribution >= 4 is 28.2 Å². The van der Waals surface area contributed by atoms with Crippen molar-refractivity contribution in [2.75, 3.05) is 23.3 Å². The third-order valence-electron chi connectivity index (χ3n) is 6.27. The van der Waals surface area contributed by atoms with Crippen LogP contribution in [0, 0.1) is 24.6 Å². The lowest BCUT2D eigenvalue weighted by Crippen LogP contribution is -2.36. The fourth-order valence-electron chi connectivity index (χ4n) is 4.85. The number of amides is 1. The number of nitrogens with zero attached hydrogens (tertiary/aromatic N) is 1. The van der Waals surface area contributed by atoms with Gasteiger partial charge in [0.2, 0.25) is 0 Å². The SMILES string of the molecule is Cc1ccc(F)c2cc(C(=O)Nc3cccc(N4CC5CCC(C5)C4)c3)[nH]c12. The molecule has 1 aromatic heterocycles. The largest absolute Gasteiger partial charge is 0.371 e. The van der Waals surface area contributed by atoms with E-state index in [2.05, 4.69) is 21.3 Å². The minimum absolute atomic E-state index is 0.258. The van der Waals surface area contributed by atoms with Gasteiger partial charge in [0, 0.05) is 29.9 Å². The van der Waals surface area contributed by atoms with E-state index < -0.39 is 0 Å². The topological polar surface area (TPSA) is 48.1 Å². The molecule has 1 saturated carbocycles. The maximum atomic E-state index is 14.0. The van der Waals surface area contributed by atoms with Gasteiger partial charge in [-0.1, -0.05) is 12.1 Å². The third-order valence-corrected chi connectivity index (χ3v) is 6.27. The van der Waals surface area contributed by atoms with Crippen molar-refractivity contribution in [3.8, 4) is 0 Å². The van der Waals surface area contributed by atoms with Crippen molar-refractivity contribution in [3.63, 3.8) is 0 Å². The molecule has 5 rings (SSSR count). The Morgan fingerprint density at radius 2 is 1.93 bits per heavy atom. The first-order valence-corrected chi connectivity index (χ1v) is 10.0. The van der Waals surface area contributed by atoms with Crippen LogP contribution >= 0.6 is 0 Å². The van der Waals surface area contributed by atoms with Crippen LogP contribution in [0.2, 0.25) is 0 Å². The van der Waals surface area contributed by atoms with E-state index in [-0.39, 0.29) is 11.7 Å². The van der Waals surface area contributed by atoms with Gasteiger partial charge in [-0.25, -0.2) is 4.39 Å². The number of anilines is 2. The number of carbonyl (C=O) groups excluding carboxylic acids is 1. The highest BCUT2D eigenvalue weighted by molar-refractivity contribution is 6.06. The predicted octanol–water partition coefficient (Wildman–Crippen LogP) is 5.10. The number of hydrogen-bond acceptors (Lipinski definition) is 2. The van der Waals surface area contributed by atoms with Crippen LogP contribution in [0.15, 0.2) is 42.5 Å². The molecule has 0 spiro atoms. The first-order valence-electron chi connectivity index (χ1n) is 10.0. The summed E-state index contributed by atoms with van der Waals surface area (Å²) in [4.78, 5) is 18.2. The van der Waals surface area contributed by atoms with Gasteiger partial charge in [-0.3, -0.25) is 4.79 Å². The van der Waals surface area contributed by atoms with Crippen molar-refractivity contribution in [1.29, 1.82) is 0 Å². The van der Waals surface area contributed by atoms with Gasteiger partial charge in [-0.05, 0) is 73.9 Å². The van der Waals surface area contributed by atoms with Gasteiger partial charge in [0.15, 0.2) is 0 Å². The fourth-order valence-corrected chi connectivity index (χ4v) is 4.85. The number of H-pyrrole nitrogens is 1. The quantitative estimate of drug-likeness (QED) is 0.667. The predicted molar refractivity (Wildman–Crippen MR) is 110 cm³/mol. The normalized spacial score (nSPS) is 21.3. The van der Waals surface area contributed by atoms with Crippen molar-refractivity contribution < 1.29 is 9.18 Å². The number of aromatic amines is 1. The number of halogens is 1. The first kappa shape index (κ1) is 17.3. The zero-order valence-corrected chi connectivity index (χ0v) is 16.0. The van der Waals surface area contributed by atoms with Crippen molar-refractivity contribution in [3.05, 3.63) is 59.5 Å². The average Bonchev–Trinajstić information content (AvgIpc) is 3.29. The molecule has 2 bridgehead atoms. The molecule has 2 heterocycles. The minimum atomic E-state index is -0.322. The lowest BCUT2D eigenvalue weighted by molar-refractivity contribution is 0.102.